The zero-order chi connectivity index (χ0) is 18.7. The van der Waals surface area contributed by atoms with Crippen molar-refractivity contribution in [2.75, 3.05) is 13.1 Å². The molecule has 138 valence electrons. The van der Waals surface area contributed by atoms with Crippen molar-refractivity contribution in [3.8, 4) is 0 Å². The Morgan fingerprint density at radius 1 is 1.27 bits per heavy atom. The number of likely N-dealkylation sites (tertiary alicyclic amines) is 1. The number of carbonyl (C=O) groups is 2. The largest absolute Gasteiger partial charge is 0.459 e. The van der Waals surface area contributed by atoms with Crippen LogP contribution in [0.15, 0.2) is 47.1 Å². The molecule has 0 radical (unpaired) electrons. The van der Waals surface area contributed by atoms with Crippen LogP contribution in [0.1, 0.15) is 48.4 Å². The second-order valence-corrected chi connectivity index (χ2v) is 7.61. The van der Waals surface area contributed by atoms with E-state index in [1.54, 1.807) is 17.0 Å². The third-order valence-corrected chi connectivity index (χ3v) is 5.05. The lowest BCUT2D eigenvalue weighted by molar-refractivity contribution is -0.125. The summed E-state index contributed by atoms with van der Waals surface area (Å²) in [4.78, 5) is 26.9. The maximum absolute atomic E-state index is 12.7. The van der Waals surface area contributed by atoms with Crippen molar-refractivity contribution in [2.45, 2.75) is 45.1 Å². The van der Waals surface area contributed by atoms with Crippen LogP contribution in [0.5, 0.6) is 0 Å². The Morgan fingerprint density at radius 3 is 2.77 bits per heavy atom. The average Bonchev–Trinajstić information content (AvgIpc) is 3.30. The summed E-state index contributed by atoms with van der Waals surface area (Å²) in [7, 11) is 0. The minimum Gasteiger partial charge on any atom is -0.459 e. The van der Waals surface area contributed by atoms with Crippen LogP contribution in [0.2, 0.25) is 0 Å². The summed E-state index contributed by atoms with van der Waals surface area (Å²) in [5.74, 6) is -0.0291. The summed E-state index contributed by atoms with van der Waals surface area (Å²) in [6.07, 6.45) is 2.98. The Morgan fingerprint density at radius 2 is 2.08 bits per heavy atom. The summed E-state index contributed by atoms with van der Waals surface area (Å²) in [6.45, 7) is 7.40. The van der Waals surface area contributed by atoms with Gasteiger partial charge in [0.15, 0.2) is 5.76 Å². The topological polar surface area (TPSA) is 62.6 Å². The molecule has 1 atom stereocenters. The van der Waals surface area contributed by atoms with Crippen molar-refractivity contribution in [1.82, 2.24) is 10.2 Å². The van der Waals surface area contributed by atoms with E-state index in [-0.39, 0.29) is 23.0 Å². The summed E-state index contributed by atoms with van der Waals surface area (Å²) < 4.78 is 5.20. The predicted molar refractivity (Wildman–Crippen MR) is 100.0 cm³/mol. The van der Waals surface area contributed by atoms with E-state index in [1.807, 2.05) is 6.07 Å². The molecule has 0 spiro atoms. The Labute approximate surface area is 154 Å². The number of nitrogens with one attached hydrogen (secondary N) is 1. The molecule has 1 aromatic heterocycles. The van der Waals surface area contributed by atoms with Gasteiger partial charge in [0.05, 0.1) is 6.26 Å². The molecule has 2 amide bonds. The SMILES string of the molecule is Cc1cccc(C(C)(C)CNC(=O)C2CCCN2C(=O)c2ccco2)c1. The fraction of sp³-hybridized carbons (Fsp3) is 0.429. The highest BCUT2D eigenvalue weighted by atomic mass is 16.3. The van der Waals surface area contributed by atoms with Crippen LogP contribution in [0.4, 0.5) is 0 Å². The average molecular weight is 354 g/mol. The van der Waals surface area contributed by atoms with Gasteiger partial charge in [0.2, 0.25) is 5.91 Å². The number of carbonyl (C=O) groups excluding carboxylic acids is 2. The maximum Gasteiger partial charge on any atom is 0.290 e. The van der Waals surface area contributed by atoms with Crippen LogP contribution in [-0.2, 0) is 10.2 Å². The van der Waals surface area contributed by atoms with Crippen molar-refractivity contribution in [1.29, 1.82) is 0 Å². The lowest BCUT2D eigenvalue weighted by atomic mass is 9.84. The third kappa shape index (κ3) is 3.82. The van der Waals surface area contributed by atoms with Crippen LogP contribution in [0, 0.1) is 6.92 Å². The smallest absolute Gasteiger partial charge is 0.290 e. The van der Waals surface area contributed by atoms with Gasteiger partial charge < -0.3 is 14.6 Å². The number of hydrogen-bond acceptors (Lipinski definition) is 3. The summed E-state index contributed by atoms with van der Waals surface area (Å²) in [6, 6.07) is 11.2. The Kier molecular flexibility index (Phi) is 5.16. The van der Waals surface area contributed by atoms with Gasteiger partial charge >= 0.3 is 0 Å². The highest BCUT2D eigenvalue weighted by Gasteiger charge is 2.36. The molecule has 1 unspecified atom stereocenters. The van der Waals surface area contributed by atoms with Crippen LogP contribution in [-0.4, -0.2) is 35.8 Å². The van der Waals surface area contributed by atoms with Gasteiger partial charge in [-0.05, 0) is 37.5 Å². The molecule has 3 rings (SSSR count). The maximum atomic E-state index is 12.7. The lowest BCUT2D eigenvalue weighted by Crippen LogP contribution is -2.48. The normalized spacial score (nSPS) is 17.3. The van der Waals surface area contributed by atoms with E-state index in [9.17, 15) is 9.59 Å². The first-order valence-corrected chi connectivity index (χ1v) is 9.08. The molecule has 5 nitrogen and oxygen atoms in total. The Bertz CT molecular complexity index is 780. The third-order valence-electron chi connectivity index (χ3n) is 5.05. The summed E-state index contributed by atoms with van der Waals surface area (Å²) >= 11 is 0. The summed E-state index contributed by atoms with van der Waals surface area (Å²) in [5.41, 5.74) is 2.21. The molecule has 1 aliphatic heterocycles. The number of furan rings is 1. The molecule has 1 aromatic carbocycles. The Hall–Kier alpha value is -2.56. The van der Waals surface area contributed by atoms with Gasteiger partial charge in [-0.15, -0.1) is 0 Å². The molecule has 1 saturated heterocycles. The lowest BCUT2D eigenvalue weighted by Gasteiger charge is -2.28. The minimum absolute atomic E-state index is 0.0943. The summed E-state index contributed by atoms with van der Waals surface area (Å²) in [5, 5.41) is 3.05. The van der Waals surface area contributed by atoms with E-state index in [0.29, 0.717) is 19.5 Å². The van der Waals surface area contributed by atoms with Gasteiger partial charge in [0.25, 0.3) is 5.91 Å². The van der Waals surface area contributed by atoms with Crippen LogP contribution in [0.25, 0.3) is 0 Å². The molecule has 0 saturated carbocycles. The molecule has 2 heterocycles. The number of rotatable bonds is 5. The number of aryl methyl sites for hydroxylation is 1. The zero-order valence-electron chi connectivity index (χ0n) is 15.6. The first-order valence-electron chi connectivity index (χ1n) is 9.08. The molecule has 1 aliphatic rings. The van der Waals surface area contributed by atoms with Gasteiger partial charge in [0, 0.05) is 18.5 Å². The molecule has 0 bridgehead atoms. The van der Waals surface area contributed by atoms with Gasteiger partial charge in [-0.3, -0.25) is 9.59 Å². The molecular formula is C21H26N2O3. The molecule has 2 aromatic rings. The zero-order valence-corrected chi connectivity index (χ0v) is 15.6. The fourth-order valence-electron chi connectivity index (χ4n) is 3.42. The minimum atomic E-state index is -0.430. The highest BCUT2D eigenvalue weighted by molar-refractivity contribution is 5.96. The second-order valence-electron chi connectivity index (χ2n) is 7.61. The van der Waals surface area contributed by atoms with Crippen molar-refractivity contribution in [3.05, 3.63) is 59.5 Å². The molecular weight excluding hydrogens is 328 g/mol. The van der Waals surface area contributed by atoms with Gasteiger partial charge in [0.1, 0.15) is 6.04 Å². The van der Waals surface area contributed by atoms with E-state index in [1.165, 1.54) is 17.4 Å². The monoisotopic (exact) mass is 354 g/mol. The highest BCUT2D eigenvalue weighted by Crippen LogP contribution is 2.24. The fourth-order valence-corrected chi connectivity index (χ4v) is 3.42. The molecule has 1 N–H and O–H groups in total. The van der Waals surface area contributed by atoms with Crippen LogP contribution < -0.4 is 5.32 Å². The number of benzene rings is 1. The van der Waals surface area contributed by atoms with E-state index in [2.05, 4.69) is 44.3 Å². The first-order chi connectivity index (χ1) is 12.4. The van der Waals surface area contributed by atoms with E-state index in [0.717, 1.165) is 6.42 Å². The van der Waals surface area contributed by atoms with Gasteiger partial charge in [-0.2, -0.15) is 0 Å². The van der Waals surface area contributed by atoms with E-state index >= 15 is 0 Å². The van der Waals surface area contributed by atoms with Crippen molar-refractivity contribution >= 4 is 11.8 Å². The molecule has 0 aliphatic carbocycles. The predicted octanol–water partition coefficient (Wildman–Crippen LogP) is 3.29. The van der Waals surface area contributed by atoms with Gasteiger partial charge in [-0.25, -0.2) is 0 Å². The molecule has 1 fully saturated rings. The standard InChI is InChI=1S/C21H26N2O3/c1-15-7-4-8-16(13-15)21(2,3)14-22-19(24)17-9-5-11-23(17)20(25)18-10-6-12-26-18/h4,6-8,10,12-13,17H,5,9,11,14H2,1-3H3,(H,22,24). The second kappa shape index (κ2) is 7.36. The van der Waals surface area contributed by atoms with Crippen molar-refractivity contribution < 1.29 is 14.0 Å². The van der Waals surface area contributed by atoms with Crippen LogP contribution >= 0.6 is 0 Å². The molecule has 5 heteroatoms. The van der Waals surface area contributed by atoms with Crippen molar-refractivity contribution in [3.63, 3.8) is 0 Å². The van der Waals surface area contributed by atoms with E-state index in [4.69, 9.17) is 4.42 Å². The van der Waals surface area contributed by atoms with E-state index < -0.39 is 6.04 Å². The Balaban J connectivity index is 1.64. The first kappa shape index (κ1) is 18.2. The van der Waals surface area contributed by atoms with Crippen molar-refractivity contribution in [2.24, 2.45) is 0 Å². The molecule has 26 heavy (non-hydrogen) atoms. The van der Waals surface area contributed by atoms with Crippen LogP contribution in [0.3, 0.4) is 0 Å². The number of hydrogen-bond donors (Lipinski definition) is 1. The number of nitrogens with zero attached hydrogens (tertiary/aromatic N) is 1. The quantitative estimate of drug-likeness (QED) is 0.896. The number of amides is 2. The van der Waals surface area contributed by atoms with Gasteiger partial charge in [-0.1, -0.05) is 43.7 Å².